The zero-order valence-corrected chi connectivity index (χ0v) is 12.1. The first-order valence-electron chi connectivity index (χ1n) is 6.75. The fourth-order valence-electron chi connectivity index (χ4n) is 2.10. The Morgan fingerprint density at radius 2 is 1.95 bits per heavy atom. The maximum absolute atomic E-state index is 11.1. The fraction of sp³-hybridized carbons (Fsp3) is 0.250. The van der Waals surface area contributed by atoms with Gasteiger partial charge in [0.2, 0.25) is 0 Å². The second-order valence-electron chi connectivity index (χ2n) is 4.76. The molecular formula is C16H18N2O3. The van der Waals surface area contributed by atoms with E-state index in [1.54, 1.807) is 12.1 Å². The van der Waals surface area contributed by atoms with Gasteiger partial charge in [-0.25, -0.2) is 0 Å². The maximum atomic E-state index is 11.1. The van der Waals surface area contributed by atoms with Crippen molar-refractivity contribution < 1.29 is 9.66 Å². The molecule has 5 nitrogen and oxygen atoms in total. The van der Waals surface area contributed by atoms with Gasteiger partial charge in [-0.2, -0.15) is 0 Å². The van der Waals surface area contributed by atoms with Gasteiger partial charge in [-0.1, -0.05) is 36.4 Å². The lowest BCUT2D eigenvalue weighted by Crippen LogP contribution is -2.08. The first-order valence-corrected chi connectivity index (χ1v) is 6.75. The van der Waals surface area contributed by atoms with Gasteiger partial charge in [0.25, 0.3) is 0 Å². The van der Waals surface area contributed by atoms with Crippen LogP contribution in [-0.2, 0) is 6.54 Å². The molecule has 110 valence electrons. The van der Waals surface area contributed by atoms with E-state index >= 15 is 0 Å². The lowest BCUT2D eigenvalue weighted by atomic mass is 10.1. The van der Waals surface area contributed by atoms with E-state index in [1.165, 1.54) is 6.07 Å². The van der Waals surface area contributed by atoms with Gasteiger partial charge < -0.3 is 10.1 Å². The van der Waals surface area contributed by atoms with E-state index in [-0.39, 0.29) is 11.8 Å². The molecule has 0 amide bonds. The van der Waals surface area contributed by atoms with Gasteiger partial charge >= 0.3 is 5.69 Å². The number of hydrogen-bond donors (Lipinski definition) is 1. The van der Waals surface area contributed by atoms with Crippen LogP contribution < -0.4 is 10.1 Å². The second-order valence-corrected chi connectivity index (χ2v) is 4.76. The normalized spacial score (nSPS) is 11.9. The molecule has 0 heterocycles. The van der Waals surface area contributed by atoms with Crippen molar-refractivity contribution in [2.24, 2.45) is 0 Å². The molecule has 1 N–H and O–H groups in total. The molecule has 0 saturated carbocycles. The van der Waals surface area contributed by atoms with E-state index in [4.69, 9.17) is 4.74 Å². The Balaban J connectivity index is 2.28. The van der Waals surface area contributed by atoms with E-state index in [0.29, 0.717) is 12.3 Å². The molecule has 0 aliphatic rings. The Kier molecular flexibility index (Phi) is 4.90. The molecule has 0 saturated heterocycles. The summed E-state index contributed by atoms with van der Waals surface area (Å²) in [5, 5.41) is 14.1. The first kappa shape index (κ1) is 15.0. The molecule has 0 aliphatic heterocycles. The van der Waals surface area contributed by atoms with Crippen molar-refractivity contribution in [3.05, 3.63) is 69.8 Å². The minimum absolute atomic E-state index is 0.0161. The highest BCUT2D eigenvalue weighted by molar-refractivity contribution is 5.48. The van der Waals surface area contributed by atoms with E-state index < -0.39 is 4.92 Å². The number of nitrogens with zero attached hydrogens (tertiary/aromatic N) is 1. The average Bonchev–Trinajstić information content (AvgIpc) is 2.48. The van der Waals surface area contributed by atoms with Gasteiger partial charge in [-0.05, 0) is 31.2 Å². The summed E-state index contributed by atoms with van der Waals surface area (Å²) in [6, 6.07) is 14.6. The third-order valence-corrected chi connectivity index (χ3v) is 3.17. The summed E-state index contributed by atoms with van der Waals surface area (Å²) >= 11 is 0. The van der Waals surface area contributed by atoms with E-state index in [1.807, 2.05) is 44.3 Å². The van der Waals surface area contributed by atoms with Gasteiger partial charge in [-0.3, -0.25) is 10.1 Å². The lowest BCUT2D eigenvalue weighted by molar-refractivity contribution is -0.386. The number of hydrogen-bond acceptors (Lipinski definition) is 4. The number of benzene rings is 2. The predicted molar refractivity (Wildman–Crippen MR) is 81.3 cm³/mol. The quantitative estimate of drug-likeness (QED) is 0.652. The van der Waals surface area contributed by atoms with Crippen LogP contribution in [0.2, 0.25) is 0 Å². The van der Waals surface area contributed by atoms with Crippen LogP contribution in [-0.4, -0.2) is 12.0 Å². The minimum atomic E-state index is -0.420. The molecule has 2 rings (SSSR count). The molecule has 5 heteroatoms. The average molecular weight is 286 g/mol. The molecule has 0 radical (unpaired) electrons. The molecule has 0 fully saturated rings. The molecular weight excluding hydrogens is 268 g/mol. The van der Waals surface area contributed by atoms with Crippen molar-refractivity contribution in [2.45, 2.75) is 19.6 Å². The van der Waals surface area contributed by atoms with E-state index in [0.717, 1.165) is 11.1 Å². The summed E-state index contributed by atoms with van der Waals surface area (Å²) in [6.07, 6.45) is -0.255. The highest BCUT2D eigenvalue weighted by Crippen LogP contribution is 2.32. The molecule has 0 bridgehead atoms. The Bertz CT molecular complexity index is 614. The van der Waals surface area contributed by atoms with E-state index in [2.05, 4.69) is 5.32 Å². The van der Waals surface area contributed by atoms with E-state index in [9.17, 15) is 10.1 Å². The summed E-state index contributed by atoms with van der Waals surface area (Å²) < 4.78 is 5.81. The maximum Gasteiger partial charge on any atom is 0.310 e. The van der Waals surface area contributed by atoms with Crippen LogP contribution in [0.15, 0.2) is 48.5 Å². The number of nitrogens with one attached hydrogen (secondary N) is 1. The SMILES string of the molecule is CNCc1ccc([N+](=O)[O-])c(OC(C)c2ccccc2)c1. The van der Waals surface area contributed by atoms with Crippen molar-refractivity contribution >= 4 is 5.69 Å². The molecule has 2 aromatic carbocycles. The minimum Gasteiger partial charge on any atom is -0.479 e. The number of ether oxygens (including phenoxy) is 1. The van der Waals surface area contributed by atoms with Crippen molar-refractivity contribution in [1.82, 2.24) is 5.32 Å². The number of nitro benzene ring substituents is 1. The van der Waals surface area contributed by atoms with Crippen LogP contribution >= 0.6 is 0 Å². The topological polar surface area (TPSA) is 64.4 Å². The summed E-state index contributed by atoms with van der Waals surface area (Å²) in [5.74, 6) is 0.295. The zero-order valence-electron chi connectivity index (χ0n) is 12.1. The van der Waals surface area contributed by atoms with Crippen molar-refractivity contribution in [1.29, 1.82) is 0 Å². The molecule has 21 heavy (non-hydrogen) atoms. The Morgan fingerprint density at radius 3 is 2.57 bits per heavy atom. The molecule has 1 unspecified atom stereocenters. The van der Waals surface area contributed by atoms with Crippen molar-refractivity contribution in [3.8, 4) is 5.75 Å². The highest BCUT2D eigenvalue weighted by Gasteiger charge is 2.18. The third kappa shape index (κ3) is 3.79. The van der Waals surface area contributed by atoms with Gasteiger partial charge in [0.05, 0.1) is 4.92 Å². The fourth-order valence-corrected chi connectivity index (χ4v) is 2.10. The molecule has 2 aromatic rings. The standard InChI is InChI=1S/C16H18N2O3/c1-12(14-6-4-3-5-7-14)21-16-10-13(11-17-2)8-9-15(16)18(19)20/h3-10,12,17H,11H2,1-2H3. The monoisotopic (exact) mass is 286 g/mol. The van der Waals surface area contributed by atoms with Gasteiger partial charge in [0.15, 0.2) is 5.75 Å². The largest absolute Gasteiger partial charge is 0.479 e. The lowest BCUT2D eigenvalue weighted by Gasteiger charge is -2.15. The van der Waals surface area contributed by atoms with Gasteiger partial charge in [-0.15, -0.1) is 0 Å². The summed E-state index contributed by atoms with van der Waals surface area (Å²) in [7, 11) is 1.83. The first-order chi connectivity index (χ1) is 10.1. The second kappa shape index (κ2) is 6.85. The summed E-state index contributed by atoms with van der Waals surface area (Å²) in [6.45, 7) is 2.51. The van der Waals surface area contributed by atoms with Crippen LogP contribution in [0.3, 0.4) is 0 Å². The van der Waals surface area contributed by atoms with Crippen LogP contribution in [0.25, 0.3) is 0 Å². The van der Waals surface area contributed by atoms with Gasteiger partial charge in [0, 0.05) is 12.6 Å². The predicted octanol–water partition coefficient (Wildman–Crippen LogP) is 3.45. The Labute approximate surface area is 123 Å². The molecule has 0 spiro atoms. The van der Waals surface area contributed by atoms with Crippen molar-refractivity contribution in [2.75, 3.05) is 7.05 Å². The van der Waals surface area contributed by atoms with Gasteiger partial charge in [0.1, 0.15) is 6.10 Å². The van der Waals surface area contributed by atoms with Crippen LogP contribution in [0.4, 0.5) is 5.69 Å². The number of nitro groups is 1. The van der Waals surface area contributed by atoms with Crippen LogP contribution in [0.5, 0.6) is 5.75 Å². The summed E-state index contributed by atoms with van der Waals surface area (Å²) in [5.41, 5.74) is 1.90. The Morgan fingerprint density at radius 1 is 1.24 bits per heavy atom. The zero-order chi connectivity index (χ0) is 15.2. The smallest absolute Gasteiger partial charge is 0.310 e. The number of rotatable bonds is 6. The molecule has 0 aromatic heterocycles. The third-order valence-electron chi connectivity index (χ3n) is 3.17. The van der Waals surface area contributed by atoms with Crippen molar-refractivity contribution in [3.63, 3.8) is 0 Å². The van der Waals surface area contributed by atoms with Crippen LogP contribution in [0.1, 0.15) is 24.2 Å². The highest BCUT2D eigenvalue weighted by atomic mass is 16.6. The molecule has 0 aliphatic carbocycles. The summed E-state index contributed by atoms with van der Waals surface area (Å²) in [4.78, 5) is 10.7. The van der Waals surface area contributed by atoms with Crippen LogP contribution in [0, 0.1) is 10.1 Å². The Hall–Kier alpha value is -2.40. The molecule has 1 atom stereocenters.